The van der Waals surface area contributed by atoms with Crippen molar-refractivity contribution < 1.29 is 14.3 Å². The van der Waals surface area contributed by atoms with Gasteiger partial charge < -0.3 is 10.1 Å². The summed E-state index contributed by atoms with van der Waals surface area (Å²) < 4.78 is 5.17. The predicted octanol–water partition coefficient (Wildman–Crippen LogP) is 2.55. The Labute approximate surface area is 123 Å². The minimum absolute atomic E-state index is 0.200. The number of ether oxygens (including phenoxy) is 1. The Morgan fingerprint density at radius 1 is 1.00 bits per heavy atom. The van der Waals surface area contributed by atoms with Gasteiger partial charge in [0.1, 0.15) is 12.6 Å². The highest BCUT2D eigenvalue weighted by Gasteiger charge is 2.17. The lowest BCUT2D eigenvalue weighted by atomic mass is 10.2. The van der Waals surface area contributed by atoms with Gasteiger partial charge in [-0.15, -0.1) is 0 Å². The Morgan fingerprint density at radius 3 is 2.19 bits per heavy atom. The van der Waals surface area contributed by atoms with Gasteiger partial charge in [-0.25, -0.2) is 4.79 Å². The Bertz CT molecular complexity index is 596. The number of benzene rings is 2. The van der Waals surface area contributed by atoms with Crippen molar-refractivity contribution in [1.82, 2.24) is 5.32 Å². The van der Waals surface area contributed by atoms with Gasteiger partial charge in [-0.2, -0.15) is 0 Å². The van der Waals surface area contributed by atoms with Crippen molar-refractivity contribution in [3.8, 4) is 0 Å². The van der Waals surface area contributed by atoms with Gasteiger partial charge in [0.25, 0.3) is 5.91 Å². The Kier molecular flexibility index (Phi) is 5.10. The summed E-state index contributed by atoms with van der Waals surface area (Å²) in [6.07, 6.45) is 0. The molecule has 4 heteroatoms. The molecule has 0 aromatic heterocycles. The first-order chi connectivity index (χ1) is 10.2. The van der Waals surface area contributed by atoms with Crippen LogP contribution in [0.25, 0.3) is 0 Å². The summed E-state index contributed by atoms with van der Waals surface area (Å²) in [7, 11) is 0. The number of carbonyl (C=O) groups excluding carboxylic acids is 2. The molecule has 1 atom stereocenters. The zero-order valence-electron chi connectivity index (χ0n) is 11.8. The van der Waals surface area contributed by atoms with Gasteiger partial charge in [-0.05, 0) is 24.6 Å². The molecule has 0 fully saturated rings. The summed E-state index contributed by atoms with van der Waals surface area (Å²) in [4.78, 5) is 23.8. The van der Waals surface area contributed by atoms with Crippen molar-refractivity contribution in [2.24, 2.45) is 0 Å². The van der Waals surface area contributed by atoms with Crippen LogP contribution in [0.4, 0.5) is 0 Å². The Morgan fingerprint density at radius 2 is 1.57 bits per heavy atom. The van der Waals surface area contributed by atoms with E-state index < -0.39 is 12.0 Å². The first-order valence-electron chi connectivity index (χ1n) is 6.73. The van der Waals surface area contributed by atoms with Crippen LogP contribution in [0.3, 0.4) is 0 Å². The van der Waals surface area contributed by atoms with Crippen molar-refractivity contribution in [3.05, 3.63) is 71.8 Å². The van der Waals surface area contributed by atoms with Crippen LogP contribution in [0, 0.1) is 0 Å². The summed E-state index contributed by atoms with van der Waals surface area (Å²) in [5.41, 5.74) is 1.42. The molecule has 108 valence electrons. The summed E-state index contributed by atoms with van der Waals surface area (Å²) >= 11 is 0. The van der Waals surface area contributed by atoms with E-state index in [4.69, 9.17) is 4.74 Å². The Balaban J connectivity index is 1.84. The molecule has 2 rings (SSSR count). The minimum atomic E-state index is -0.693. The first-order valence-corrected chi connectivity index (χ1v) is 6.73. The zero-order valence-corrected chi connectivity index (χ0v) is 11.8. The van der Waals surface area contributed by atoms with Gasteiger partial charge >= 0.3 is 5.97 Å². The molecule has 1 N–H and O–H groups in total. The summed E-state index contributed by atoms with van der Waals surface area (Å²) in [5, 5.41) is 2.62. The molecule has 0 aliphatic heterocycles. The second kappa shape index (κ2) is 7.24. The topological polar surface area (TPSA) is 55.4 Å². The lowest BCUT2D eigenvalue weighted by Gasteiger charge is -2.13. The van der Waals surface area contributed by atoms with Gasteiger partial charge in [0.15, 0.2) is 0 Å². The fourth-order valence-electron chi connectivity index (χ4n) is 1.78. The molecule has 0 aliphatic carbocycles. The van der Waals surface area contributed by atoms with Crippen molar-refractivity contribution in [2.45, 2.75) is 19.6 Å². The zero-order chi connectivity index (χ0) is 15.1. The third-order valence-electron chi connectivity index (χ3n) is 2.96. The van der Waals surface area contributed by atoms with Crippen LogP contribution in [0.2, 0.25) is 0 Å². The van der Waals surface area contributed by atoms with E-state index >= 15 is 0 Å². The van der Waals surface area contributed by atoms with E-state index in [0.29, 0.717) is 5.56 Å². The highest BCUT2D eigenvalue weighted by Crippen LogP contribution is 2.03. The molecule has 0 aliphatic rings. The van der Waals surface area contributed by atoms with Crippen LogP contribution in [-0.4, -0.2) is 17.9 Å². The van der Waals surface area contributed by atoms with Crippen molar-refractivity contribution in [2.75, 3.05) is 0 Å². The number of esters is 1. The number of amides is 1. The molecular formula is C17H17NO3. The van der Waals surface area contributed by atoms with Gasteiger partial charge in [0.2, 0.25) is 0 Å². The number of hydrogen-bond donors (Lipinski definition) is 1. The maximum absolute atomic E-state index is 11.9. The monoisotopic (exact) mass is 283 g/mol. The lowest BCUT2D eigenvalue weighted by molar-refractivity contribution is -0.146. The van der Waals surface area contributed by atoms with Crippen LogP contribution in [0.15, 0.2) is 60.7 Å². The maximum Gasteiger partial charge on any atom is 0.328 e. The van der Waals surface area contributed by atoms with Crippen LogP contribution in [-0.2, 0) is 16.1 Å². The highest BCUT2D eigenvalue weighted by molar-refractivity contribution is 5.96. The molecule has 0 saturated carbocycles. The van der Waals surface area contributed by atoms with Crippen molar-refractivity contribution in [3.63, 3.8) is 0 Å². The second-order valence-corrected chi connectivity index (χ2v) is 4.65. The van der Waals surface area contributed by atoms with E-state index in [1.54, 1.807) is 31.2 Å². The molecule has 21 heavy (non-hydrogen) atoms. The van der Waals surface area contributed by atoms with Gasteiger partial charge in [0, 0.05) is 5.56 Å². The number of nitrogens with one attached hydrogen (secondary N) is 1. The van der Waals surface area contributed by atoms with Gasteiger partial charge in [-0.1, -0.05) is 48.5 Å². The molecule has 0 unspecified atom stereocenters. The summed E-state index contributed by atoms with van der Waals surface area (Å²) in [6, 6.07) is 17.5. The molecule has 1 amide bonds. The second-order valence-electron chi connectivity index (χ2n) is 4.65. The molecule has 2 aromatic carbocycles. The highest BCUT2D eigenvalue weighted by atomic mass is 16.5. The van der Waals surface area contributed by atoms with Gasteiger partial charge in [0.05, 0.1) is 0 Å². The smallest absolute Gasteiger partial charge is 0.328 e. The SMILES string of the molecule is C[C@@H](NC(=O)c1ccccc1)C(=O)OCc1ccccc1. The predicted molar refractivity (Wildman–Crippen MR) is 79.6 cm³/mol. The number of rotatable bonds is 5. The normalized spacial score (nSPS) is 11.5. The average Bonchev–Trinajstić information content (AvgIpc) is 2.54. The largest absolute Gasteiger partial charge is 0.459 e. The van der Waals surface area contributed by atoms with Crippen LogP contribution >= 0.6 is 0 Å². The number of carbonyl (C=O) groups is 2. The van der Waals surface area contributed by atoms with Crippen LogP contribution in [0.5, 0.6) is 0 Å². The summed E-state index contributed by atoms with van der Waals surface area (Å²) in [5.74, 6) is -0.747. The van der Waals surface area contributed by atoms with Crippen LogP contribution < -0.4 is 5.32 Å². The Hall–Kier alpha value is -2.62. The van der Waals surface area contributed by atoms with E-state index in [1.807, 2.05) is 36.4 Å². The maximum atomic E-state index is 11.9. The van der Waals surface area contributed by atoms with E-state index in [2.05, 4.69) is 5.32 Å². The number of hydrogen-bond acceptors (Lipinski definition) is 3. The molecule has 0 spiro atoms. The minimum Gasteiger partial charge on any atom is -0.459 e. The quantitative estimate of drug-likeness (QED) is 0.858. The van der Waals surface area contributed by atoms with E-state index in [-0.39, 0.29) is 12.5 Å². The fourth-order valence-corrected chi connectivity index (χ4v) is 1.78. The van der Waals surface area contributed by atoms with Gasteiger partial charge in [-0.3, -0.25) is 4.79 Å². The molecule has 0 bridgehead atoms. The molecule has 0 radical (unpaired) electrons. The van der Waals surface area contributed by atoms with E-state index in [1.165, 1.54) is 0 Å². The first kappa shape index (κ1) is 14.8. The summed E-state index contributed by atoms with van der Waals surface area (Å²) in [6.45, 7) is 1.80. The molecule has 4 nitrogen and oxygen atoms in total. The molecule has 0 saturated heterocycles. The molecule has 0 heterocycles. The standard InChI is InChI=1S/C17H17NO3/c1-13(18-16(19)15-10-6-3-7-11-15)17(20)21-12-14-8-4-2-5-9-14/h2-11,13H,12H2,1H3,(H,18,19)/t13-/m1/s1. The molecule has 2 aromatic rings. The van der Waals surface area contributed by atoms with Crippen LogP contribution in [0.1, 0.15) is 22.8 Å². The van der Waals surface area contributed by atoms with E-state index in [9.17, 15) is 9.59 Å². The third-order valence-corrected chi connectivity index (χ3v) is 2.96. The fraction of sp³-hybridized carbons (Fsp3) is 0.176. The van der Waals surface area contributed by atoms with Crippen molar-refractivity contribution >= 4 is 11.9 Å². The van der Waals surface area contributed by atoms with Crippen molar-refractivity contribution in [1.29, 1.82) is 0 Å². The third kappa shape index (κ3) is 4.45. The van der Waals surface area contributed by atoms with E-state index in [0.717, 1.165) is 5.56 Å². The lowest BCUT2D eigenvalue weighted by Crippen LogP contribution is -2.39. The molecular weight excluding hydrogens is 266 g/mol. The average molecular weight is 283 g/mol.